The number of carboxylic acid groups (broad SMARTS) is 1. The molecule has 0 amide bonds. The van der Waals surface area contributed by atoms with Crippen molar-refractivity contribution in [3.05, 3.63) is 70.6 Å². The van der Waals surface area contributed by atoms with Crippen molar-refractivity contribution in [2.24, 2.45) is 0 Å². The number of carboxylic acids is 1. The Labute approximate surface area is 167 Å². The second-order valence-electron chi connectivity index (χ2n) is 7.30. The Morgan fingerprint density at radius 3 is 2.52 bits per heavy atom. The predicted molar refractivity (Wildman–Crippen MR) is 116 cm³/mol. The molecule has 0 aliphatic heterocycles. The largest absolute Gasteiger partial charge is 0.480 e. The Kier molecular flexibility index (Phi) is 4.54. The Morgan fingerprint density at radius 1 is 1.10 bits per heavy atom. The summed E-state index contributed by atoms with van der Waals surface area (Å²) in [7, 11) is 3.79. The van der Waals surface area contributed by atoms with Crippen LogP contribution in [-0.2, 0) is 11.3 Å². The molecular weight excluding hydrogens is 366 g/mol. The summed E-state index contributed by atoms with van der Waals surface area (Å²) in [5.74, 6) is -0.964. The van der Waals surface area contributed by atoms with Gasteiger partial charge in [-0.25, -0.2) is 0 Å². The van der Waals surface area contributed by atoms with E-state index >= 15 is 0 Å². The van der Waals surface area contributed by atoms with E-state index in [4.69, 9.17) is 0 Å². The third-order valence-electron chi connectivity index (χ3n) is 5.14. The first-order valence-electron chi connectivity index (χ1n) is 9.28. The minimum atomic E-state index is -0.964. The van der Waals surface area contributed by atoms with Crippen LogP contribution in [0.4, 0.5) is 5.69 Å². The van der Waals surface area contributed by atoms with E-state index in [0.717, 1.165) is 22.4 Å². The lowest BCUT2D eigenvalue weighted by atomic mass is 10.0. The highest BCUT2D eigenvalue weighted by Gasteiger charge is 2.18. The van der Waals surface area contributed by atoms with Crippen LogP contribution in [0.5, 0.6) is 0 Å². The van der Waals surface area contributed by atoms with Crippen LogP contribution >= 0.6 is 0 Å². The maximum atomic E-state index is 13.3. The first kappa shape index (κ1) is 18.7. The van der Waals surface area contributed by atoms with Gasteiger partial charge in [0, 0.05) is 42.8 Å². The van der Waals surface area contributed by atoms with Gasteiger partial charge in [-0.2, -0.15) is 0 Å². The molecule has 2 aromatic heterocycles. The van der Waals surface area contributed by atoms with Crippen LogP contribution in [0, 0.1) is 6.92 Å². The number of rotatable bonds is 4. The Hall–Kier alpha value is -3.67. The number of pyridine rings is 2. The van der Waals surface area contributed by atoms with E-state index in [9.17, 15) is 14.7 Å². The van der Waals surface area contributed by atoms with Crippen molar-refractivity contribution >= 4 is 33.5 Å². The molecule has 0 spiro atoms. The lowest BCUT2D eigenvalue weighted by Crippen LogP contribution is -2.20. The van der Waals surface area contributed by atoms with E-state index in [1.54, 1.807) is 29.1 Å². The van der Waals surface area contributed by atoms with Gasteiger partial charge in [-0.1, -0.05) is 18.2 Å². The fourth-order valence-corrected chi connectivity index (χ4v) is 3.93. The fourth-order valence-electron chi connectivity index (χ4n) is 3.93. The lowest BCUT2D eigenvalue weighted by Gasteiger charge is -2.23. The van der Waals surface area contributed by atoms with Gasteiger partial charge in [-0.3, -0.25) is 14.6 Å². The molecule has 0 radical (unpaired) electrons. The Morgan fingerprint density at radius 2 is 1.86 bits per heavy atom. The van der Waals surface area contributed by atoms with Gasteiger partial charge in [0.25, 0.3) is 0 Å². The molecule has 146 valence electrons. The number of anilines is 1. The van der Waals surface area contributed by atoms with Gasteiger partial charge >= 0.3 is 5.97 Å². The summed E-state index contributed by atoms with van der Waals surface area (Å²) in [5, 5.41) is 10.6. The fraction of sp³-hybridized carbons (Fsp3) is 0.174. The highest BCUT2D eigenvalue weighted by atomic mass is 16.4. The zero-order chi connectivity index (χ0) is 20.7. The summed E-state index contributed by atoms with van der Waals surface area (Å²) >= 11 is 0. The number of carbonyl (C=O) groups is 1. The van der Waals surface area contributed by atoms with Gasteiger partial charge in [-0.05, 0) is 42.3 Å². The van der Waals surface area contributed by atoms with Crippen LogP contribution < -0.4 is 10.3 Å². The number of fused-ring (bicyclic) bond motifs is 2. The van der Waals surface area contributed by atoms with Crippen molar-refractivity contribution in [3.63, 3.8) is 0 Å². The van der Waals surface area contributed by atoms with Crippen LogP contribution in [0.2, 0.25) is 0 Å². The zero-order valence-electron chi connectivity index (χ0n) is 16.5. The third kappa shape index (κ3) is 3.12. The topological polar surface area (TPSA) is 75.4 Å². The van der Waals surface area contributed by atoms with Gasteiger partial charge in [0.05, 0.1) is 16.7 Å². The number of aryl methyl sites for hydroxylation is 1. The standard InChI is InChI=1S/C23H21N3O3/c1-14-6-8-18-22(21(14)25(2)3)26(13-20(27)28)19-11-15(7-9-17(19)23(18)29)16-5-4-10-24-12-16/h4-12H,13H2,1-3H3,(H,27,28). The van der Waals surface area contributed by atoms with Crippen molar-refractivity contribution in [1.29, 1.82) is 0 Å². The van der Waals surface area contributed by atoms with Crippen molar-refractivity contribution < 1.29 is 9.90 Å². The summed E-state index contributed by atoms with van der Waals surface area (Å²) < 4.78 is 1.73. The van der Waals surface area contributed by atoms with Gasteiger partial charge in [0.15, 0.2) is 5.43 Å². The number of nitrogens with zero attached hydrogens (tertiary/aromatic N) is 3. The predicted octanol–water partition coefficient (Wildman–Crippen LogP) is 3.68. The smallest absolute Gasteiger partial charge is 0.323 e. The van der Waals surface area contributed by atoms with Crippen LogP contribution in [0.25, 0.3) is 32.9 Å². The van der Waals surface area contributed by atoms with Crippen LogP contribution in [0.15, 0.2) is 59.7 Å². The number of benzene rings is 2. The maximum absolute atomic E-state index is 13.3. The molecule has 0 aliphatic carbocycles. The van der Waals surface area contributed by atoms with E-state index < -0.39 is 5.97 Å². The zero-order valence-corrected chi connectivity index (χ0v) is 16.5. The molecule has 0 unspecified atom stereocenters. The highest BCUT2D eigenvalue weighted by Crippen LogP contribution is 2.32. The lowest BCUT2D eigenvalue weighted by molar-refractivity contribution is -0.137. The number of hydrogen-bond donors (Lipinski definition) is 1. The second kappa shape index (κ2) is 7.05. The summed E-state index contributed by atoms with van der Waals surface area (Å²) in [5.41, 5.74) is 4.73. The molecule has 4 rings (SSSR count). The van der Waals surface area contributed by atoms with E-state index in [2.05, 4.69) is 4.98 Å². The summed E-state index contributed by atoms with van der Waals surface area (Å²) in [6.45, 7) is 1.72. The third-order valence-corrected chi connectivity index (χ3v) is 5.14. The van der Waals surface area contributed by atoms with Gasteiger partial charge < -0.3 is 14.6 Å². The second-order valence-corrected chi connectivity index (χ2v) is 7.30. The molecule has 2 aromatic carbocycles. The summed E-state index contributed by atoms with van der Waals surface area (Å²) in [6, 6.07) is 13.0. The monoisotopic (exact) mass is 387 g/mol. The molecule has 0 aliphatic rings. The molecule has 0 saturated carbocycles. The molecule has 6 nitrogen and oxygen atoms in total. The molecule has 29 heavy (non-hydrogen) atoms. The SMILES string of the molecule is Cc1ccc2c(=O)c3ccc(-c4cccnc4)cc3n(CC(=O)O)c2c1N(C)C. The molecule has 4 aromatic rings. The average Bonchev–Trinajstić information content (AvgIpc) is 2.70. The van der Waals surface area contributed by atoms with E-state index in [-0.39, 0.29) is 12.0 Å². The van der Waals surface area contributed by atoms with E-state index in [1.165, 1.54) is 0 Å². The Bertz CT molecular complexity index is 1310. The van der Waals surface area contributed by atoms with Crippen molar-refractivity contribution in [2.75, 3.05) is 19.0 Å². The normalized spacial score (nSPS) is 11.1. The molecular formula is C23H21N3O3. The quantitative estimate of drug-likeness (QED) is 0.541. The van der Waals surface area contributed by atoms with Crippen LogP contribution in [0.3, 0.4) is 0 Å². The van der Waals surface area contributed by atoms with Crippen molar-refractivity contribution in [2.45, 2.75) is 13.5 Å². The van der Waals surface area contributed by atoms with E-state index in [0.29, 0.717) is 21.8 Å². The number of aliphatic carboxylic acids is 1. The molecule has 2 heterocycles. The van der Waals surface area contributed by atoms with Gasteiger partial charge in [0.2, 0.25) is 0 Å². The molecule has 0 saturated heterocycles. The molecule has 0 bridgehead atoms. The number of hydrogen-bond acceptors (Lipinski definition) is 4. The minimum Gasteiger partial charge on any atom is -0.480 e. The molecule has 6 heteroatoms. The van der Waals surface area contributed by atoms with Crippen molar-refractivity contribution in [1.82, 2.24) is 9.55 Å². The van der Waals surface area contributed by atoms with Crippen molar-refractivity contribution in [3.8, 4) is 11.1 Å². The average molecular weight is 387 g/mol. The first-order valence-corrected chi connectivity index (χ1v) is 9.28. The van der Waals surface area contributed by atoms with Crippen LogP contribution in [-0.4, -0.2) is 34.7 Å². The molecule has 1 N–H and O–H groups in total. The summed E-state index contributed by atoms with van der Waals surface area (Å²) in [4.78, 5) is 31.1. The Balaban J connectivity index is 2.20. The van der Waals surface area contributed by atoms with Crippen LogP contribution in [0.1, 0.15) is 5.56 Å². The molecule has 0 atom stereocenters. The summed E-state index contributed by atoms with van der Waals surface area (Å²) in [6.07, 6.45) is 3.45. The first-order chi connectivity index (χ1) is 13.9. The maximum Gasteiger partial charge on any atom is 0.323 e. The molecule has 0 fully saturated rings. The highest BCUT2D eigenvalue weighted by molar-refractivity contribution is 6.02. The number of aromatic nitrogens is 2. The van der Waals surface area contributed by atoms with E-state index in [1.807, 2.05) is 56.3 Å². The minimum absolute atomic E-state index is 0.0996. The van der Waals surface area contributed by atoms with Gasteiger partial charge in [0.1, 0.15) is 6.54 Å². The van der Waals surface area contributed by atoms with Gasteiger partial charge in [-0.15, -0.1) is 0 Å².